The molecule has 0 unspecified atom stereocenters. The number of aryl methyl sites for hydroxylation is 1. The summed E-state index contributed by atoms with van der Waals surface area (Å²) in [6, 6.07) is 13.6. The summed E-state index contributed by atoms with van der Waals surface area (Å²) in [6.45, 7) is 8.90. The maximum absolute atomic E-state index is 12.6. The van der Waals surface area contributed by atoms with Crippen molar-refractivity contribution in [1.82, 2.24) is 9.88 Å². The highest BCUT2D eigenvalue weighted by Crippen LogP contribution is 2.24. The largest absolute Gasteiger partial charge is 0.460 e. The minimum absolute atomic E-state index is 0.112. The molecule has 0 bridgehead atoms. The van der Waals surface area contributed by atoms with Gasteiger partial charge in [0.15, 0.2) is 5.58 Å². The maximum atomic E-state index is 12.6. The molecular weight excluding hydrogens is 288 g/mol. The fourth-order valence-corrected chi connectivity index (χ4v) is 2.66. The summed E-state index contributed by atoms with van der Waals surface area (Å²) in [4.78, 5) is 12.6. The van der Waals surface area contributed by atoms with Crippen molar-refractivity contribution in [2.24, 2.45) is 0 Å². The quantitative estimate of drug-likeness (QED) is 0.723. The number of carbonyl (C=O) groups is 1. The van der Waals surface area contributed by atoms with Crippen LogP contribution in [0.4, 0.5) is 0 Å². The summed E-state index contributed by atoms with van der Waals surface area (Å²) < 4.78 is 7.61. The molecule has 0 fully saturated rings. The number of allylic oxidation sites excluding steroid dienone is 1. The van der Waals surface area contributed by atoms with Crippen molar-refractivity contribution in [1.29, 1.82) is 0 Å². The highest BCUT2D eigenvalue weighted by Gasteiger charge is 2.18. The molecule has 0 spiro atoms. The molecule has 1 N–H and O–H groups in total. The van der Waals surface area contributed by atoms with Gasteiger partial charge in [0.25, 0.3) is 5.91 Å². The molecule has 0 atom stereocenters. The average Bonchev–Trinajstić information content (AvgIpc) is 3.03. The zero-order valence-corrected chi connectivity index (χ0v) is 13.4. The van der Waals surface area contributed by atoms with Crippen LogP contribution in [0.2, 0.25) is 0 Å². The predicted octanol–water partition coefficient (Wildman–Crippen LogP) is 4.05. The van der Waals surface area contributed by atoms with Crippen LogP contribution in [0.15, 0.2) is 59.0 Å². The summed E-state index contributed by atoms with van der Waals surface area (Å²) in [5, 5.41) is 2.96. The normalized spacial score (nSPS) is 10.9. The molecule has 2 heterocycles. The first-order valence-electron chi connectivity index (χ1n) is 7.61. The van der Waals surface area contributed by atoms with Crippen LogP contribution in [0.25, 0.3) is 11.1 Å². The number of hydrogen-bond acceptors (Lipinski definition) is 2. The molecule has 2 aromatic heterocycles. The third-order valence-electron chi connectivity index (χ3n) is 3.67. The van der Waals surface area contributed by atoms with E-state index in [0.29, 0.717) is 18.8 Å². The van der Waals surface area contributed by atoms with Crippen LogP contribution in [0, 0.1) is 6.92 Å². The van der Waals surface area contributed by atoms with Crippen LogP contribution in [0.5, 0.6) is 0 Å². The van der Waals surface area contributed by atoms with Crippen LogP contribution in [-0.2, 0) is 13.1 Å². The van der Waals surface area contributed by atoms with Crippen molar-refractivity contribution in [2.75, 3.05) is 0 Å². The zero-order chi connectivity index (χ0) is 16.4. The number of furan rings is 1. The van der Waals surface area contributed by atoms with Gasteiger partial charge in [-0.3, -0.25) is 4.79 Å². The number of rotatable bonds is 5. The topological polar surface area (TPSA) is 47.2 Å². The standard InChI is InChI=1S/C19H20N2O2/c1-13(2)12-21-16-9-14(3)23-18(16)10-17(21)19(22)20-11-15-7-5-4-6-8-15/h4-10H,1,11-12H2,2-3H3,(H,20,22). The van der Waals surface area contributed by atoms with Crippen molar-refractivity contribution in [3.8, 4) is 0 Å². The summed E-state index contributed by atoms with van der Waals surface area (Å²) in [6.07, 6.45) is 0. The third-order valence-corrected chi connectivity index (χ3v) is 3.67. The average molecular weight is 308 g/mol. The molecule has 0 aliphatic rings. The molecule has 1 aromatic carbocycles. The van der Waals surface area contributed by atoms with Crippen LogP contribution in [0.1, 0.15) is 28.7 Å². The Balaban J connectivity index is 1.87. The summed E-state index contributed by atoms with van der Waals surface area (Å²) in [5.41, 5.74) is 4.30. The van der Waals surface area contributed by atoms with E-state index in [0.717, 1.165) is 28.0 Å². The molecule has 0 saturated heterocycles. The van der Waals surface area contributed by atoms with E-state index >= 15 is 0 Å². The molecule has 4 heteroatoms. The minimum Gasteiger partial charge on any atom is -0.460 e. The molecular formula is C19H20N2O2. The van der Waals surface area contributed by atoms with Crippen molar-refractivity contribution in [2.45, 2.75) is 26.9 Å². The lowest BCUT2D eigenvalue weighted by atomic mass is 10.2. The Morgan fingerprint density at radius 3 is 2.70 bits per heavy atom. The zero-order valence-electron chi connectivity index (χ0n) is 13.4. The Hall–Kier alpha value is -2.75. The van der Waals surface area contributed by atoms with Gasteiger partial charge in [-0.05, 0) is 19.4 Å². The molecule has 0 aliphatic carbocycles. The first kappa shape index (κ1) is 15.2. The number of amides is 1. The van der Waals surface area contributed by atoms with Gasteiger partial charge in [-0.1, -0.05) is 42.5 Å². The number of benzene rings is 1. The van der Waals surface area contributed by atoms with Crippen LogP contribution in [-0.4, -0.2) is 10.5 Å². The number of nitrogens with zero attached hydrogens (tertiary/aromatic N) is 1. The molecule has 118 valence electrons. The summed E-state index contributed by atoms with van der Waals surface area (Å²) >= 11 is 0. The molecule has 3 aromatic rings. The van der Waals surface area contributed by atoms with Gasteiger partial charge in [-0.25, -0.2) is 0 Å². The first-order valence-corrected chi connectivity index (χ1v) is 7.61. The SMILES string of the molecule is C=C(C)Cn1c(C(=O)NCc2ccccc2)cc2oc(C)cc21. The highest BCUT2D eigenvalue weighted by molar-refractivity contribution is 5.97. The molecule has 3 rings (SSSR count). The van der Waals surface area contributed by atoms with Gasteiger partial charge < -0.3 is 14.3 Å². The number of carbonyl (C=O) groups excluding carboxylic acids is 1. The van der Waals surface area contributed by atoms with Gasteiger partial charge in [0.1, 0.15) is 11.5 Å². The second kappa shape index (κ2) is 6.16. The Morgan fingerprint density at radius 2 is 2.00 bits per heavy atom. The number of hydrogen-bond donors (Lipinski definition) is 1. The third kappa shape index (κ3) is 3.21. The maximum Gasteiger partial charge on any atom is 0.268 e. The van der Waals surface area contributed by atoms with E-state index in [2.05, 4.69) is 11.9 Å². The van der Waals surface area contributed by atoms with Gasteiger partial charge in [-0.15, -0.1) is 0 Å². The Labute approximate surface area is 135 Å². The summed E-state index contributed by atoms with van der Waals surface area (Å²) in [7, 11) is 0. The Kier molecular flexibility index (Phi) is 4.06. The van der Waals surface area contributed by atoms with Crippen LogP contribution < -0.4 is 5.32 Å². The number of aromatic nitrogens is 1. The lowest BCUT2D eigenvalue weighted by molar-refractivity contribution is 0.0942. The molecule has 0 aliphatic heterocycles. The van der Waals surface area contributed by atoms with Crippen molar-refractivity contribution >= 4 is 17.0 Å². The highest BCUT2D eigenvalue weighted by atomic mass is 16.3. The smallest absolute Gasteiger partial charge is 0.268 e. The van der Waals surface area contributed by atoms with E-state index in [1.165, 1.54) is 0 Å². The van der Waals surface area contributed by atoms with E-state index in [1.807, 2.05) is 54.8 Å². The second-order valence-corrected chi connectivity index (χ2v) is 5.85. The van der Waals surface area contributed by atoms with Gasteiger partial charge >= 0.3 is 0 Å². The second-order valence-electron chi connectivity index (χ2n) is 5.85. The van der Waals surface area contributed by atoms with Crippen molar-refractivity contribution < 1.29 is 9.21 Å². The lowest BCUT2D eigenvalue weighted by Crippen LogP contribution is -2.25. The molecule has 4 nitrogen and oxygen atoms in total. The monoisotopic (exact) mass is 308 g/mol. The van der Waals surface area contributed by atoms with Gasteiger partial charge in [0.05, 0.1) is 5.52 Å². The van der Waals surface area contributed by atoms with E-state index in [1.54, 1.807) is 6.07 Å². The fraction of sp³-hybridized carbons (Fsp3) is 0.211. The lowest BCUT2D eigenvalue weighted by Gasteiger charge is -2.10. The molecule has 23 heavy (non-hydrogen) atoms. The summed E-state index contributed by atoms with van der Waals surface area (Å²) in [5.74, 6) is 0.723. The van der Waals surface area contributed by atoms with E-state index < -0.39 is 0 Å². The van der Waals surface area contributed by atoms with E-state index in [-0.39, 0.29) is 5.91 Å². The van der Waals surface area contributed by atoms with Crippen molar-refractivity contribution in [3.05, 3.63) is 71.6 Å². The van der Waals surface area contributed by atoms with Gasteiger partial charge in [0.2, 0.25) is 0 Å². The van der Waals surface area contributed by atoms with Crippen LogP contribution in [0.3, 0.4) is 0 Å². The van der Waals surface area contributed by atoms with Gasteiger partial charge in [0, 0.05) is 25.2 Å². The van der Waals surface area contributed by atoms with E-state index in [9.17, 15) is 4.79 Å². The predicted molar refractivity (Wildman–Crippen MR) is 91.4 cm³/mol. The molecule has 0 saturated carbocycles. The van der Waals surface area contributed by atoms with E-state index in [4.69, 9.17) is 4.42 Å². The molecule has 0 radical (unpaired) electrons. The number of nitrogens with one attached hydrogen (secondary N) is 1. The Bertz CT molecular complexity index is 856. The Morgan fingerprint density at radius 1 is 1.26 bits per heavy atom. The minimum atomic E-state index is -0.112. The van der Waals surface area contributed by atoms with Crippen molar-refractivity contribution in [3.63, 3.8) is 0 Å². The first-order chi connectivity index (χ1) is 11.0. The number of fused-ring (bicyclic) bond motifs is 1. The van der Waals surface area contributed by atoms with Crippen LogP contribution >= 0.6 is 0 Å². The molecule has 1 amide bonds. The fourth-order valence-electron chi connectivity index (χ4n) is 2.66. The van der Waals surface area contributed by atoms with Gasteiger partial charge in [-0.2, -0.15) is 0 Å².